The van der Waals surface area contributed by atoms with Crippen molar-refractivity contribution in [1.82, 2.24) is 0 Å². The van der Waals surface area contributed by atoms with Crippen molar-refractivity contribution in [3.8, 4) is 23.3 Å². The molecule has 2 aromatic carbocycles. The molecule has 2 aromatic rings. The van der Waals surface area contributed by atoms with Gasteiger partial charge in [0.25, 0.3) is 0 Å². The van der Waals surface area contributed by atoms with Gasteiger partial charge in [-0.15, -0.1) is 0 Å². The highest BCUT2D eigenvalue weighted by Gasteiger charge is 2.34. The summed E-state index contributed by atoms with van der Waals surface area (Å²) in [6, 6.07) is 1.92. The van der Waals surface area contributed by atoms with Gasteiger partial charge in [0.2, 0.25) is 5.82 Å². The van der Waals surface area contributed by atoms with Crippen molar-refractivity contribution in [3.05, 3.63) is 57.7 Å². The Morgan fingerprint density at radius 1 is 0.417 bits per heavy atom. The van der Waals surface area contributed by atoms with E-state index in [4.69, 9.17) is 10.5 Å². The highest BCUT2D eigenvalue weighted by atomic mass is 19.2. The number of nitrogens with zero attached hydrogens (tertiary/aromatic N) is 2. The van der Waals surface area contributed by atoms with E-state index in [-0.39, 0.29) is 0 Å². The van der Waals surface area contributed by atoms with Crippen LogP contribution in [0.25, 0.3) is 11.1 Å². The third-order valence-electron chi connectivity index (χ3n) is 3.00. The fourth-order valence-electron chi connectivity index (χ4n) is 1.91. The van der Waals surface area contributed by atoms with Gasteiger partial charge in [-0.2, -0.15) is 10.5 Å². The van der Waals surface area contributed by atoms with Gasteiger partial charge in [-0.25, -0.2) is 35.1 Å². The molecule has 0 spiro atoms. The number of nitriles is 2. The summed E-state index contributed by atoms with van der Waals surface area (Å²) in [5, 5.41) is 17.3. The average Bonchev–Trinajstić information content (AvgIpc) is 2.57. The first-order chi connectivity index (χ1) is 11.2. The van der Waals surface area contributed by atoms with Crippen molar-refractivity contribution in [2.75, 3.05) is 0 Å². The fraction of sp³-hybridized carbons (Fsp3) is 0. The number of hydrogen-bond donors (Lipinski definition) is 0. The van der Waals surface area contributed by atoms with Crippen LogP contribution >= 0.6 is 0 Å². The lowest BCUT2D eigenvalue weighted by molar-refractivity contribution is 0.380. The Morgan fingerprint density at radius 3 is 1.12 bits per heavy atom. The zero-order valence-corrected chi connectivity index (χ0v) is 10.9. The largest absolute Gasteiger partial charge is 0.205 e. The van der Waals surface area contributed by atoms with E-state index in [1.165, 1.54) is 0 Å². The molecule has 0 aromatic heterocycles. The van der Waals surface area contributed by atoms with Crippen molar-refractivity contribution in [2.45, 2.75) is 0 Å². The van der Waals surface area contributed by atoms with Crippen molar-refractivity contribution in [1.29, 1.82) is 10.5 Å². The molecule has 24 heavy (non-hydrogen) atoms. The molecule has 0 fully saturated rings. The number of halogens is 8. The van der Waals surface area contributed by atoms with E-state index in [2.05, 4.69) is 0 Å². The van der Waals surface area contributed by atoms with E-state index < -0.39 is 68.8 Å². The van der Waals surface area contributed by atoms with E-state index in [1.807, 2.05) is 0 Å². The highest BCUT2D eigenvalue weighted by Crippen LogP contribution is 2.37. The highest BCUT2D eigenvalue weighted by molar-refractivity contribution is 5.71. The van der Waals surface area contributed by atoms with Crippen LogP contribution in [-0.4, -0.2) is 0 Å². The lowest BCUT2D eigenvalue weighted by Gasteiger charge is -2.12. The molecule has 0 atom stereocenters. The molecule has 0 aliphatic rings. The summed E-state index contributed by atoms with van der Waals surface area (Å²) in [7, 11) is 0. The zero-order chi connectivity index (χ0) is 18.3. The van der Waals surface area contributed by atoms with E-state index in [1.54, 1.807) is 0 Å². The van der Waals surface area contributed by atoms with Crippen LogP contribution in [0.2, 0.25) is 0 Å². The standard InChI is InChI=1S/C14F8N2/c15-7-3(1-23)4(2-24)8(16)9(17)5(7)6-10(18)12(20)14(22)13(21)11(6)19. The molecule has 0 aliphatic carbocycles. The van der Waals surface area contributed by atoms with Crippen LogP contribution in [0.15, 0.2) is 0 Å². The Labute approximate surface area is 127 Å². The predicted molar refractivity (Wildman–Crippen MR) is 61.0 cm³/mol. The van der Waals surface area contributed by atoms with Gasteiger partial charge in [-0.1, -0.05) is 0 Å². The van der Waals surface area contributed by atoms with Crippen LogP contribution in [0, 0.1) is 69.2 Å². The van der Waals surface area contributed by atoms with Gasteiger partial charge in [0.1, 0.15) is 23.3 Å². The number of hydrogen-bond acceptors (Lipinski definition) is 2. The smallest absolute Gasteiger partial charge is 0.200 e. The normalized spacial score (nSPS) is 10.4. The molecule has 0 radical (unpaired) electrons. The first-order valence-electron chi connectivity index (χ1n) is 5.71. The fourth-order valence-corrected chi connectivity index (χ4v) is 1.91. The SMILES string of the molecule is N#Cc1c(F)c(F)c(-c2c(F)c(F)c(F)c(F)c2F)c(F)c1C#N. The summed E-state index contributed by atoms with van der Waals surface area (Å²) in [6.45, 7) is 0. The molecular formula is C14F8N2. The van der Waals surface area contributed by atoms with Gasteiger partial charge >= 0.3 is 0 Å². The molecular weight excluding hydrogens is 348 g/mol. The third kappa shape index (κ3) is 2.15. The van der Waals surface area contributed by atoms with E-state index >= 15 is 0 Å². The summed E-state index contributed by atoms with van der Waals surface area (Å²) in [6.07, 6.45) is 0. The monoisotopic (exact) mass is 348 g/mol. The summed E-state index contributed by atoms with van der Waals surface area (Å²) >= 11 is 0. The molecule has 2 rings (SSSR count). The van der Waals surface area contributed by atoms with Crippen molar-refractivity contribution >= 4 is 0 Å². The quantitative estimate of drug-likeness (QED) is 0.440. The van der Waals surface area contributed by atoms with Crippen molar-refractivity contribution in [3.63, 3.8) is 0 Å². The topological polar surface area (TPSA) is 47.6 Å². The average molecular weight is 348 g/mol. The van der Waals surface area contributed by atoms with E-state index in [0.717, 1.165) is 12.1 Å². The van der Waals surface area contributed by atoms with Gasteiger partial charge in [0.05, 0.1) is 11.1 Å². The summed E-state index contributed by atoms with van der Waals surface area (Å²) in [5.74, 6) is -19.6. The second kappa shape index (κ2) is 5.81. The summed E-state index contributed by atoms with van der Waals surface area (Å²) < 4.78 is 108. The van der Waals surface area contributed by atoms with E-state index in [0.29, 0.717) is 0 Å². The molecule has 0 saturated carbocycles. The van der Waals surface area contributed by atoms with Gasteiger partial charge < -0.3 is 0 Å². The third-order valence-corrected chi connectivity index (χ3v) is 3.00. The van der Waals surface area contributed by atoms with Gasteiger partial charge in [0.15, 0.2) is 40.7 Å². The maximum absolute atomic E-state index is 14.1. The minimum Gasteiger partial charge on any atom is -0.205 e. The Morgan fingerprint density at radius 2 is 0.708 bits per heavy atom. The van der Waals surface area contributed by atoms with Crippen LogP contribution in [0.4, 0.5) is 35.1 Å². The van der Waals surface area contributed by atoms with Crippen LogP contribution in [-0.2, 0) is 0 Å². The Balaban J connectivity index is 3.10. The minimum atomic E-state index is -2.61. The molecule has 10 heteroatoms. The molecule has 0 saturated heterocycles. The Bertz CT molecular complexity index is 940. The molecule has 0 bridgehead atoms. The summed E-state index contributed by atoms with van der Waals surface area (Å²) in [4.78, 5) is 0. The van der Waals surface area contributed by atoms with Crippen molar-refractivity contribution in [2.24, 2.45) is 0 Å². The van der Waals surface area contributed by atoms with Gasteiger partial charge in [-0.05, 0) is 0 Å². The first kappa shape index (κ1) is 17.2. The van der Waals surface area contributed by atoms with Crippen LogP contribution < -0.4 is 0 Å². The maximum atomic E-state index is 14.1. The molecule has 122 valence electrons. The molecule has 0 N–H and O–H groups in total. The Hall–Kier alpha value is -3.14. The van der Waals surface area contributed by atoms with Crippen molar-refractivity contribution < 1.29 is 35.1 Å². The van der Waals surface area contributed by atoms with Crippen LogP contribution in [0.3, 0.4) is 0 Å². The Kier molecular flexibility index (Phi) is 4.17. The van der Waals surface area contributed by atoms with Gasteiger partial charge in [0, 0.05) is 0 Å². The minimum absolute atomic E-state index is 0.962. The van der Waals surface area contributed by atoms with E-state index in [9.17, 15) is 35.1 Å². The lowest BCUT2D eigenvalue weighted by atomic mass is 9.96. The molecule has 0 amide bonds. The predicted octanol–water partition coefficient (Wildman–Crippen LogP) is 4.21. The molecule has 2 nitrogen and oxygen atoms in total. The maximum Gasteiger partial charge on any atom is 0.200 e. The number of rotatable bonds is 1. The molecule has 0 heterocycles. The molecule has 0 unspecified atom stereocenters. The second-order valence-corrected chi connectivity index (χ2v) is 4.24. The number of benzene rings is 2. The van der Waals surface area contributed by atoms with Crippen LogP contribution in [0.5, 0.6) is 0 Å². The zero-order valence-electron chi connectivity index (χ0n) is 10.9. The molecule has 0 aliphatic heterocycles. The first-order valence-corrected chi connectivity index (χ1v) is 5.71. The van der Waals surface area contributed by atoms with Crippen LogP contribution in [0.1, 0.15) is 11.1 Å². The second-order valence-electron chi connectivity index (χ2n) is 4.24. The van der Waals surface area contributed by atoms with Gasteiger partial charge in [-0.3, -0.25) is 0 Å². The summed E-state index contributed by atoms with van der Waals surface area (Å²) in [5.41, 5.74) is -6.95. The lowest BCUT2D eigenvalue weighted by Crippen LogP contribution is -2.09.